The van der Waals surface area contributed by atoms with Crippen molar-refractivity contribution in [2.45, 2.75) is 25.8 Å². The Labute approximate surface area is 246 Å². The summed E-state index contributed by atoms with van der Waals surface area (Å²) in [4.78, 5) is 32.8. The molecule has 2 N–H and O–H groups in total. The van der Waals surface area contributed by atoms with Gasteiger partial charge in [0.05, 0.1) is 4.88 Å². The van der Waals surface area contributed by atoms with Crippen molar-refractivity contribution in [1.82, 2.24) is 4.90 Å². The molecule has 0 aliphatic carbocycles. The molecule has 2 heterocycles. The molecule has 7 nitrogen and oxygen atoms in total. The van der Waals surface area contributed by atoms with Gasteiger partial charge >= 0.3 is 0 Å². The number of carbonyl (C=O) groups excluding carboxylic acids is 2. The first kappa shape index (κ1) is 28.4. The van der Waals surface area contributed by atoms with Crippen LogP contribution in [0.3, 0.4) is 0 Å². The molecule has 5 rings (SSSR count). The lowest BCUT2D eigenvalue weighted by molar-refractivity contribution is 0.102. The number of benzene rings is 3. The molecule has 0 saturated carbocycles. The number of aryl methyl sites for hydroxylation is 1. The van der Waals surface area contributed by atoms with Gasteiger partial charge in [0.25, 0.3) is 11.8 Å². The Morgan fingerprint density at radius 1 is 0.829 bits per heavy atom. The molecule has 0 spiro atoms. The lowest BCUT2D eigenvalue weighted by atomic mass is 10.0. The van der Waals surface area contributed by atoms with Crippen LogP contribution in [0.5, 0.6) is 0 Å². The van der Waals surface area contributed by atoms with Crippen molar-refractivity contribution in [3.8, 4) is 0 Å². The number of thiophene rings is 1. The summed E-state index contributed by atoms with van der Waals surface area (Å²) in [5, 5.41) is 7.87. The molecule has 212 valence electrons. The summed E-state index contributed by atoms with van der Waals surface area (Å²) >= 11 is 1.42. The summed E-state index contributed by atoms with van der Waals surface area (Å²) in [6.45, 7) is 4.09. The maximum atomic E-state index is 12.9. The average Bonchev–Trinajstić information content (AvgIpc) is 3.53. The molecule has 1 aliphatic heterocycles. The molecule has 41 heavy (non-hydrogen) atoms. The minimum atomic E-state index is -0.125. The third kappa shape index (κ3) is 6.78. The fraction of sp³-hybridized carbons (Fsp3) is 0.273. The van der Waals surface area contributed by atoms with Crippen LogP contribution in [-0.2, 0) is 0 Å². The molecule has 0 unspecified atom stereocenters. The number of hydrogen-bond donors (Lipinski definition) is 2. The number of carbonyl (C=O) groups is 2. The Balaban J connectivity index is 1.17. The second kappa shape index (κ2) is 12.6. The summed E-state index contributed by atoms with van der Waals surface area (Å²) in [6.07, 6.45) is 2.30. The highest BCUT2D eigenvalue weighted by Crippen LogP contribution is 2.30. The highest BCUT2D eigenvalue weighted by molar-refractivity contribution is 7.12. The van der Waals surface area contributed by atoms with E-state index in [0.29, 0.717) is 16.5 Å². The zero-order valence-electron chi connectivity index (χ0n) is 24.1. The fourth-order valence-corrected chi connectivity index (χ4v) is 5.90. The molecule has 2 amide bonds. The van der Waals surface area contributed by atoms with E-state index in [-0.39, 0.29) is 11.8 Å². The number of rotatable bonds is 8. The van der Waals surface area contributed by atoms with Gasteiger partial charge in [-0.25, -0.2) is 0 Å². The summed E-state index contributed by atoms with van der Waals surface area (Å²) in [5.41, 5.74) is 6.37. The predicted octanol–water partition coefficient (Wildman–Crippen LogP) is 6.86. The van der Waals surface area contributed by atoms with Gasteiger partial charge in [-0.15, -0.1) is 11.3 Å². The highest BCUT2D eigenvalue weighted by Gasteiger charge is 2.21. The third-order valence-corrected chi connectivity index (χ3v) is 8.63. The van der Waals surface area contributed by atoms with Crippen molar-refractivity contribution in [2.75, 3.05) is 54.7 Å². The topological polar surface area (TPSA) is 67.9 Å². The van der Waals surface area contributed by atoms with Crippen LogP contribution >= 0.6 is 11.3 Å². The molecule has 0 bridgehead atoms. The van der Waals surface area contributed by atoms with Crippen molar-refractivity contribution in [1.29, 1.82) is 0 Å². The molecular formula is C33H37N5O2S. The second-order valence-electron chi connectivity index (χ2n) is 10.7. The van der Waals surface area contributed by atoms with Crippen molar-refractivity contribution >= 4 is 51.6 Å². The average molecular weight is 568 g/mol. The van der Waals surface area contributed by atoms with E-state index in [1.807, 2.05) is 98.2 Å². The van der Waals surface area contributed by atoms with Crippen LogP contribution in [0.15, 0.2) is 84.2 Å². The van der Waals surface area contributed by atoms with Gasteiger partial charge in [-0.3, -0.25) is 9.59 Å². The Morgan fingerprint density at radius 3 is 2.10 bits per heavy atom. The van der Waals surface area contributed by atoms with Crippen LogP contribution in [0.4, 0.5) is 28.4 Å². The van der Waals surface area contributed by atoms with Crippen molar-refractivity contribution < 1.29 is 9.59 Å². The molecule has 3 aromatic carbocycles. The molecule has 0 radical (unpaired) electrons. The lowest BCUT2D eigenvalue weighted by Crippen LogP contribution is -2.41. The van der Waals surface area contributed by atoms with Gasteiger partial charge in [-0.1, -0.05) is 6.07 Å². The Hall–Kier alpha value is -4.14. The maximum Gasteiger partial charge on any atom is 0.265 e. The summed E-state index contributed by atoms with van der Waals surface area (Å²) < 4.78 is 0. The second-order valence-corrected chi connectivity index (χ2v) is 11.7. The van der Waals surface area contributed by atoms with Crippen molar-refractivity contribution in [2.24, 2.45) is 0 Å². The van der Waals surface area contributed by atoms with E-state index in [1.165, 1.54) is 17.0 Å². The van der Waals surface area contributed by atoms with Gasteiger partial charge < -0.3 is 25.3 Å². The first-order valence-corrected chi connectivity index (χ1v) is 14.8. The zero-order chi connectivity index (χ0) is 28.9. The minimum absolute atomic E-state index is 0.102. The van der Waals surface area contributed by atoms with Gasteiger partial charge in [-0.05, 0) is 118 Å². The Bertz CT molecular complexity index is 1480. The number of hydrogen-bond acceptors (Lipinski definition) is 6. The Kier molecular flexibility index (Phi) is 8.71. The van der Waals surface area contributed by atoms with Gasteiger partial charge in [0.2, 0.25) is 0 Å². The normalized spacial score (nSPS) is 13.7. The fourth-order valence-electron chi connectivity index (χ4n) is 5.28. The molecule has 1 fully saturated rings. The largest absolute Gasteiger partial charge is 0.371 e. The van der Waals surface area contributed by atoms with Crippen LogP contribution in [0.2, 0.25) is 0 Å². The van der Waals surface area contributed by atoms with Gasteiger partial charge in [-0.2, -0.15) is 0 Å². The third-order valence-electron chi connectivity index (χ3n) is 7.76. The van der Waals surface area contributed by atoms with E-state index in [0.717, 1.165) is 54.2 Å². The first-order valence-electron chi connectivity index (χ1n) is 13.9. The monoisotopic (exact) mass is 567 g/mol. The van der Waals surface area contributed by atoms with Crippen molar-refractivity contribution in [3.63, 3.8) is 0 Å². The number of piperidine rings is 1. The number of nitrogens with zero attached hydrogens (tertiary/aromatic N) is 3. The van der Waals surface area contributed by atoms with Crippen LogP contribution in [0.25, 0.3) is 0 Å². The molecule has 4 aromatic rings. The van der Waals surface area contributed by atoms with E-state index in [9.17, 15) is 9.59 Å². The highest BCUT2D eigenvalue weighted by atomic mass is 32.1. The molecular weight excluding hydrogens is 530 g/mol. The van der Waals surface area contributed by atoms with E-state index in [4.69, 9.17) is 0 Å². The standard InChI is InChI=1S/C33H37N5O2S/c1-23-22-26(35-33(40)31-6-5-21-41-31)11-16-30(23)37(4)28-14-9-25(10-15-28)34-32(39)24-7-12-29(13-8-24)38-19-17-27(18-20-38)36(2)3/h5-16,21-22,27H,17-20H2,1-4H3,(H,34,39)(H,35,40). The van der Waals surface area contributed by atoms with E-state index in [1.54, 1.807) is 0 Å². The molecule has 1 aliphatic rings. The number of anilines is 5. The van der Waals surface area contributed by atoms with Crippen molar-refractivity contribution in [3.05, 3.63) is 100 Å². The van der Waals surface area contributed by atoms with E-state index in [2.05, 4.69) is 39.4 Å². The summed E-state index contributed by atoms with van der Waals surface area (Å²) in [7, 11) is 6.30. The van der Waals surface area contributed by atoms with Crippen LogP contribution < -0.4 is 20.4 Å². The predicted molar refractivity (Wildman–Crippen MR) is 171 cm³/mol. The maximum absolute atomic E-state index is 12.9. The minimum Gasteiger partial charge on any atom is -0.371 e. The smallest absolute Gasteiger partial charge is 0.265 e. The van der Waals surface area contributed by atoms with Gasteiger partial charge in [0.1, 0.15) is 0 Å². The summed E-state index contributed by atoms with van der Waals surface area (Å²) in [5.74, 6) is -0.227. The molecule has 0 atom stereocenters. The first-order chi connectivity index (χ1) is 19.8. The van der Waals surface area contributed by atoms with Gasteiger partial charge in [0.15, 0.2) is 0 Å². The van der Waals surface area contributed by atoms with Crippen LogP contribution in [-0.4, -0.2) is 57.0 Å². The SMILES string of the molecule is Cc1cc(NC(=O)c2cccs2)ccc1N(C)c1ccc(NC(=O)c2ccc(N3CCC(N(C)C)CC3)cc2)cc1. The molecule has 1 aromatic heterocycles. The van der Waals surface area contributed by atoms with Crippen LogP contribution in [0.1, 0.15) is 38.4 Å². The number of amides is 2. The quantitative estimate of drug-likeness (QED) is 0.244. The summed E-state index contributed by atoms with van der Waals surface area (Å²) in [6, 6.07) is 25.9. The number of nitrogens with one attached hydrogen (secondary N) is 2. The van der Waals surface area contributed by atoms with Gasteiger partial charge in [0, 0.05) is 60.2 Å². The van der Waals surface area contributed by atoms with E-state index >= 15 is 0 Å². The zero-order valence-corrected chi connectivity index (χ0v) is 24.9. The Morgan fingerprint density at radius 2 is 1.49 bits per heavy atom. The molecule has 8 heteroatoms. The van der Waals surface area contributed by atoms with Crippen LogP contribution in [0, 0.1) is 6.92 Å². The molecule has 1 saturated heterocycles. The lowest BCUT2D eigenvalue weighted by Gasteiger charge is -2.36. The van der Waals surface area contributed by atoms with E-state index < -0.39 is 0 Å².